The molecule has 17 N–H and O–H groups in total. The monoisotopic (exact) mass is 2010 g/mol. The molecule has 22 rings (SSSR count). The summed E-state index contributed by atoms with van der Waals surface area (Å²) in [5, 5.41) is 70.3. The van der Waals surface area contributed by atoms with E-state index < -0.39 is 0 Å². The molecule has 16 heterocycles. The molecule has 764 valence electrons. The number of aliphatic imine (C=N–C) groups is 2. The van der Waals surface area contributed by atoms with Gasteiger partial charge in [0, 0.05) is 238 Å². The molecule has 0 atom stereocenters. The highest BCUT2D eigenvalue weighted by molar-refractivity contribution is 5.98. The Hall–Kier alpha value is -18.7. The number of hydrogen-bond donors (Lipinski definition) is 15. The van der Waals surface area contributed by atoms with Crippen LogP contribution in [0.5, 0.6) is 0 Å². The Morgan fingerprint density at radius 3 is 0.980 bits per heavy atom. The van der Waals surface area contributed by atoms with E-state index in [1.807, 2.05) is 267 Å². The minimum absolute atomic E-state index is 0.0110. The second-order valence-electron chi connectivity index (χ2n) is 36.0. The zero-order valence-corrected chi connectivity index (χ0v) is 83.3. The second-order valence-corrected chi connectivity index (χ2v) is 36.0. The molecule has 0 unspecified atom stereocenters. The van der Waals surface area contributed by atoms with Crippen LogP contribution < -0.4 is 43.4 Å². The molecular weight excluding hydrogens is 1890 g/mol. The molecule has 0 fully saturated rings. The van der Waals surface area contributed by atoms with Gasteiger partial charge in [-0.2, -0.15) is 30.6 Å². The van der Waals surface area contributed by atoms with Gasteiger partial charge in [-0.1, -0.05) is 188 Å². The number of aromatic amines is 6. The van der Waals surface area contributed by atoms with Crippen LogP contribution in [0.2, 0.25) is 0 Å². The number of carbonyl (C=O) groups excluding carboxylic acids is 6. The first-order valence-corrected chi connectivity index (χ1v) is 49.2. The predicted molar refractivity (Wildman–Crippen MR) is 566 cm³/mol. The lowest BCUT2D eigenvalue weighted by Crippen LogP contribution is -2.44. The van der Waals surface area contributed by atoms with Crippen molar-refractivity contribution >= 4 is 54.1 Å². The number of aromatic nitrogens is 19. The normalized spacial score (nSPS) is 13.7. The van der Waals surface area contributed by atoms with Crippen molar-refractivity contribution in [1.29, 1.82) is 5.41 Å². The number of carbonyl (C=O) groups is 6. The maximum atomic E-state index is 12.5. The highest BCUT2D eigenvalue weighted by Crippen LogP contribution is 2.36. The van der Waals surface area contributed by atoms with Crippen molar-refractivity contribution in [2.75, 3.05) is 59.4 Å². The number of fused-ring (bicyclic) bond motifs is 6. The lowest BCUT2D eigenvalue weighted by molar-refractivity contribution is 0.191. The van der Waals surface area contributed by atoms with Crippen LogP contribution >= 0.6 is 0 Å². The zero-order valence-electron chi connectivity index (χ0n) is 83.3. The second kappa shape index (κ2) is 49.5. The molecule has 149 heavy (non-hydrogen) atoms. The van der Waals surface area contributed by atoms with E-state index in [0.717, 1.165) is 209 Å². The molecule has 16 aromatic rings. The molecule has 0 saturated heterocycles. The van der Waals surface area contributed by atoms with Crippen LogP contribution in [0.1, 0.15) is 90.5 Å². The third-order valence-electron chi connectivity index (χ3n) is 26.2. The number of nitrogens with two attached hydrogens (primary N) is 2. The average molecular weight is 2010 g/mol. The SMILES string of the molecule is CN=C(C=CN)CNC(=O)N1CCc2[nH]nc(-c3ccccc3)c2C1.Cn1ccnc1CNC(=O)N1CCc2[nH]nc(-c3ccccc3)c2C1.Cn1cnc(CNC(=O)N2CCc3[nH]nc(-c4ccccc4)c3C2)c1.Cn1cncc1CNC(=O)N1CCc2[nH]nc(-c3ccccc3)c2C1.N=C(CNC(=O)N1CCc2[nH]nc(-c3ccccc3)c2C1)N=CN.O=C(NCc1ccccn1)N1CCc2[nH]nc(-c3ccccc3)c2C1. The molecule has 0 bridgehead atoms. The Kier molecular flexibility index (Phi) is 33.9. The number of benzene rings is 6. The number of hydrogen-bond acceptors (Lipinski definition) is 19. The van der Waals surface area contributed by atoms with Gasteiger partial charge in [0.05, 0.1) is 154 Å². The summed E-state index contributed by atoms with van der Waals surface area (Å²) in [6.07, 6.45) is 21.2. The van der Waals surface area contributed by atoms with Gasteiger partial charge in [-0.15, -0.1) is 0 Å². The first kappa shape index (κ1) is 102. The molecule has 42 nitrogen and oxygen atoms in total. The number of rotatable bonds is 19. The summed E-state index contributed by atoms with van der Waals surface area (Å²) < 4.78 is 5.67. The minimum atomic E-state index is -0.224. The highest BCUT2D eigenvalue weighted by Gasteiger charge is 2.34. The van der Waals surface area contributed by atoms with E-state index in [9.17, 15) is 28.8 Å². The van der Waals surface area contributed by atoms with Crippen molar-refractivity contribution in [3.8, 4) is 67.5 Å². The van der Waals surface area contributed by atoms with Gasteiger partial charge in [-0.05, 0) is 24.4 Å². The van der Waals surface area contributed by atoms with Crippen molar-refractivity contribution in [3.63, 3.8) is 0 Å². The molecule has 0 aliphatic carbocycles. The van der Waals surface area contributed by atoms with Gasteiger partial charge in [-0.3, -0.25) is 46.0 Å². The summed E-state index contributed by atoms with van der Waals surface area (Å²) >= 11 is 0. The number of urea groups is 6. The third kappa shape index (κ3) is 25.9. The average Bonchev–Trinajstić information content (AvgIpc) is 1.68. The van der Waals surface area contributed by atoms with Gasteiger partial charge >= 0.3 is 36.2 Å². The zero-order chi connectivity index (χ0) is 103. The number of aryl methyl sites for hydroxylation is 3. The van der Waals surface area contributed by atoms with Crippen molar-refractivity contribution in [3.05, 3.63) is 347 Å². The number of amides is 12. The lowest BCUT2D eigenvalue weighted by Gasteiger charge is -2.27. The number of H-pyrrole nitrogens is 6. The van der Waals surface area contributed by atoms with Crippen LogP contribution in [-0.4, -0.2) is 238 Å². The van der Waals surface area contributed by atoms with Crippen LogP contribution in [-0.2, 0) is 125 Å². The number of nitrogens with one attached hydrogen (secondary N) is 13. The lowest BCUT2D eigenvalue weighted by atomic mass is 10.0. The van der Waals surface area contributed by atoms with E-state index in [1.54, 1.807) is 54.2 Å². The van der Waals surface area contributed by atoms with E-state index >= 15 is 0 Å². The molecule has 6 aliphatic rings. The van der Waals surface area contributed by atoms with E-state index in [4.69, 9.17) is 16.9 Å². The molecule has 42 heteroatoms. The summed E-state index contributed by atoms with van der Waals surface area (Å²) in [7, 11) is 7.42. The largest absolute Gasteiger partial charge is 0.405 e. The third-order valence-corrected chi connectivity index (χ3v) is 26.2. The fourth-order valence-electron chi connectivity index (χ4n) is 18.1. The molecule has 0 saturated carbocycles. The topological polar surface area (TPSA) is 533 Å². The van der Waals surface area contributed by atoms with Gasteiger partial charge in [0.25, 0.3) is 0 Å². The Morgan fingerprint density at radius 2 is 0.691 bits per heavy atom. The quantitative estimate of drug-likeness (QED) is 0.0264. The Bertz CT molecular complexity index is 7140. The number of nitrogens with zero attached hydrogens (tertiary/aromatic N) is 21. The van der Waals surface area contributed by atoms with E-state index in [1.165, 1.54) is 6.20 Å². The van der Waals surface area contributed by atoms with Gasteiger partial charge in [0.1, 0.15) is 11.7 Å². The molecule has 0 spiro atoms. The predicted octanol–water partition coefficient (Wildman–Crippen LogP) is 11.8. The van der Waals surface area contributed by atoms with Crippen LogP contribution in [0, 0.1) is 5.41 Å². The van der Waals surface area contributed by atoms with Crippen molar-refractivity contribution in [1.82, 2.24) is 156 Å². The maximum Gasteiger partial charge on any atom is 0.318 e. The summed E-state index contributed by atoms with van der Waals surface area (Å²) in [5.74, 6) is 0.844. The summed E-state index contributed by atoms with van der Waals surface area (Å²) in [6.45, 7) is 9.37. The van der Waals surface area contributed by atoms with Crippen LogP contribution in [0.3, 0.4) is 0 Å². The molecule has 6 aromatic carbocycles. The minimum Gasteiger partial charge on any atom is -0.405 e. The Balaban J connectivity index is 0.000000122. The van der Waals surface area contributed by atoms with E-state index in [-0.39, 0.29) is 48.6 Å². The fourth-order valence-corrected chi connectivity index (χ4v) is 18.1. The smallest absolute Gasteiger partial charge is 0.318 e. The standard InChI is InChI=1S/C19H19N5O.3C18H20N6O.C18H22N6O.C16H19N7O/c25-19(21-12-15-8-4-5-10-20-15)24-11-9-17-16(13-24)18(23-22-17)14-6-2-1-3-7-14;1-23-10-8-19-16(23)11-20-18(25)24-9-7-15-14(12-24)17(22-21-15)13-5-3-2-4-6-13;1-23-10-14(20-12-23)9-19-18(25)24-8-7-16-15(11-24)17(22-21-16)13-5-3-2-4-6-13;1-23-12-19-9-14(23)10-20-18(25)24-8-7-16-15(11-24)17(22-21-16)13-5-3-2-4-6-13;1-20-14(7-9-19)11-21-18(25)24-10-8-16-15(12-24)17(23-22-16)13-5-3-2-4-6-13;17-10-20-14(18)8-19-16(24)23-7-6-13-12(9-23)15(22-21-13)11-4-2-1-3-5-11/h1-8,10H,9,11-13H2,(H,21,25)(H,22,23);2-6,8,10H,7,9,11-12H2,1H3,(H,20,25)(H,21,22);2-6,10,12H,7-9,11H2,1H3,(H,19,25)(H,21,22);2-6,9,12H,7-8,10-11H2,1H3,(H,20,25)(H,21,22);2-7,9H,8,10-12,19H2,1H3,(H,21,25)(H,22,23);1-5,10H,6-9H2,(H,19,24)(H,21,22)(H3,17,18,20). The van der Waals surface area contributed by atoms with Gasteiger partial charge in [0.2, 0.25) is 0 Å². The fraction of sp³-hybridized carbons (Fsp3) is 0.262. The van der Waals surface area contributed by atoms with Crippen molar-refractivity contribution in [2.45, 2.75) is 104 Å². The van der Waals surface area contributed by atoms with Crippen LogP contribution in [0.15, 0.2) is 266 Å². The Labute approximate surface area is 859 Å². The van der Waals surface area contributed by atoms with Crippen LogP contribution in [0.4, 0.5) is 28.8 Å². The first-order valence-electron chi connectivity index (χ1n) is 49.2. The maximum absolute atomic E-state index is 12.5. The van der Waals surface area contributed by atoms with Crippen LogP contribution in [0.25, 0.3) is 67.5 Å². The highest BCUT2D eigenvalue weighted by atomic mass is 16.2. The molecule has 0 radical (unpaired) electrons. The summed E-state index contributed by atoms with van der Waals surface area (Å²) in [4.78, 5) is 110. The van der Waals surface area contributed by atoms with E-state index in [2.05, 4.69) is 123 Å². The molecule has 10 aromatic heterocycles. The Morgan fingerprint density at radius 1 is 0.369 bits per heavy atom. The number of amidine groups is 1. The number of pyridine rings is 1. The van der Waals surface area contributed by atoms with Crippen molar-refractivity contribution < 1.29 is 28.8 Å². The summed E-state index contributed by atoms with van der Waals surface area (Å²) in [5.41, 5.74) is 38.9. The van der Waals surface area contributed by atoms with Gasteiger partial charge < -0.3 is 86.5 Å². The summed E-state index contributed by atoms with van der Waals surface area (Å²) in [6, 6.07) is 65.2. The molecular formula is C107H120N36O6. The van der Waals surface area contributed by atoms with Gasteiger partial charge in [-0.25, -0.2) is 48.7 Å². The number of imidazole rings is 3. The molecule has 12 amide bonds. The van der Waals surface area contributed by atoms with Crippen molar-refractivity contribution in [2.24, 2.45) is 42.6 Å². The van der Waals surface area contributed by atoms with Gasteiger partial charge in [0.15, 0.2) is 0 Å². The molecule has 6 aliphatic heterocycles. The van der Waals surface area contributed by atoms with E-state index in [0.29, 0.717) is 111 Å². The first-order chi connectivity index (χ1) is 72.9.